The van der Waals surface area contributed by atoms with E-state index in [9.17, 15) is 13.2 Å². The van der Waals surface area contributed by atoms with Crippen molar-refractivity contribution in [2.24, 2.45) is 0 Å². The van der Waals surface area contributed by atoms with Crippen LogP contribution in [0.4, 0.5) is 0 Å². The largest absolute Gasteiger partial charge is 0.351 e. The van der Waals surface area contributed by atoms with E-state index in [1.807, 2.05) is 19.9 Å². The molecule has 1 fully saturated rings. The number of amides is 1. The average molecular weight is 459 g/mol. The van der Waals surface area contributed by atoms with Gasteiger partial charge in [-0.25, -0.2) is 8.42 Å². The summed E-state index contributed by atoms with van der Waals surface area (Å²) in [5.74, 6) is -0.181. The quantitative estimate of drug-likeness (QED) is 0.591. The van der Waals surface area contributed by atoms with E-state index >= 15 is 0 Å². The third-order valence-electron chi connectivity index (χ3n) is 5.89. The van der Waals surface area contributed by atoms with Crippen LogP contribution < -0.4 is 5.32 Å². The molecule has 2 aromatic rings. The number of piperazine rings is 1. The van der Waals surface area contributed by atoms with Crippen LogP contribution in [0.5, 0.6) is 0 Å². The molecule has 1 aliphatic heterocycles. The number of benzene rings is 2. The molecule has 3 rings (SSSR count). The Morgan fingerprint density at radius 2 is 1.50 bits per heavy atom. The topological polar surface area (TPSA) is 73.0 Å². The standard InChI is InChI=1S/C24H34N4O3S/c1-3-28(4-2)32(30,31)23-12-10-22(11-13-23)24(29)25-14-15-26-16-18-27(19-17-26)20-21-8-6-5-7-9-21/h5-13H,3-4,14-20H2,1-2H3,(H,25,29). The van der Waals surface area contributed by atoms with Gasteiger partial charge in [0, 0.05) is 64.5 Å². The van der Waals surface area contributed by atoms with E-state index in [1.165, 1.54) is 22.0 Å². The van der Waals surface area contributed by atoms with Crippen molar-refractivity contribution in [2.75, 3.05) is 52.4 Å². The van der Waals surface area contributed by atoms with Crippen LogP contribution in [0.2, 0.25) is 0 Å². The molecule has 1 aliphatic rings. The maximum atomic E-state index is 12.6. The van der Waals surface area contributed by atoms with E-state index in [2.05, 4.69) is 39.4 Å². The highest BCUT2D eigenvalue weighted by Crippen LogP contribution is 2.16. The third kappa shape index (κ3) is 6.38. The van der Waals surface area contributed by atoms with Crippen molar-refractivity contribution in [3.05, 3.63) is 65.7 Å². The smallest absolute Gasteiger partial charge is 0.251 e. The molecule has 7 nitrogen and oxygen atoms in total. The Hall–Kier alpha value is -2.26. The van der Waals surface area contributed by atoms with Crippen molar-refractivity contribution in [1.82, 2.24) is 19.4 Å². The lowest BCUT2D eigenvalue weighted by molar-refractivity contribution is 0.0934. The second-order valence-corrected chi connectivity index (χ2v) is 9.91. The van der Waals surface area contributed by atoms with Gasteiger partial charge in [0.05, 0.1) is 4.90 Å². The minimum absolute atomic E-state index is 0.181. The van der Waals surface area contributed by atoms with Gasteiger partial charge >= 0.3 is 0 Å². The third-order valence-corrected chi connectivity index (χ3v) is 7.95. The fourth-order valence-electron chi connectivity index (χ4n) is 3.93. The summed E-state index contributed by atoms with van der Waals surface area (Å²) in [6.45, 7) is 10.8. The van der Waals surface area contributed by atoms with E-state index in [1.54, 1.807) is 12.1 Å². The van der Waals surface area contributed by atoms with Gasteiger partial charge in [-0.2, -0.15) is 4.31 Å². The molecule has 0 bridgehead atoms. The molecule has 1 amide bonds. The van der Waals surface area contributed by atoms with Gasteiger partial charge in [0.25, 0.3) is 5.91 Å². The first-order valence-electron chi connectivity index (χ1n) is 11.3. The van der Waals surface area contributed by atoms with Crippen molar-refractivity contribution in [2.45, 2.75) is 25.3 Å². The average Bonchev–Trinajstić information content (AvgIpc) is 2.81. The summed E-state index contributed by atoms with van der Waals surface area (Å²) in [7, 11) is -3.51. The van der Waals surface area contributed by atoms with E-state index in [0.29, 0.717) is 25.2 Å². The van der Waals surface area contributed by atoms with Crippen LogP contribution in [0.3, 0.4) is 0 Å². The zero-order valence-electron chi connectivity index (χ0n) is 19.0. The van der Waals surface area contributed by atoms with Gasteiger partial charge in [0.1, 0.15) is 0 Å². The number of hydrogen-bond acceptors (Lipinski definition) is 5. The maximum absolute atomic E-state index is 12.6. The van der Waals surface area contributed by atoms with Crippen molar-refractivity contribution in [3.8, 4) is 0 Å². The summed E-state index contributed by atoms with van der Waals surface area (Å²) >= 11 is 0. The lowest BCUT2D eigenvalue weighted by Crippen LogP contribution is -2.48. The highest BCUT2D eigenvalue weighted by Gasteiger charge is 2.22. The predicted octanol–water partition coefficient (Wildman–Crippen LogP) is 2.26. The van der Waals surface area contributed by atoms with Gasteiger partial charge < -0.3 is 5.32 Å². The lowest BCUT2D eigenvalue weighted by Gasteiger charge is -2.34. The monoisotopic (exact) mass is 458 g/mol. The summed E-state index contributed by atoms with van der Waals surface area (Å²) in [4.78, 5) is 17.5. The SMILES string of the molecule is CCN(CC)S(=O)(=O)c1ccc(C(=O)NCCN2CCN(Cc3ccccc3)CC2)cc1. The normalized spacial score (nSPS) is 15.7. The van der Waals surface area contributed by atoms with Gasteiger partial charge in [-0.15, -0.1) is 0 Å². The fourth-order valence-corrected chi connectivity index (χ4v) is 5.39. The molecule has 0 unspecified atom stereocenters. The number of nitrogens with one attached hydrogen (secondary N) is 1. The highest BCUT2D eigenvalue weighted by molar-refractivity contribution is 7.89. The summed E-state index contributed by atoms with van der Waals surface area (Å²) in [5.41, 5.74) is 1.81. The first kappa shape index (κ1) is 24.4. The molecule has 2 aromatic carbocycles. The Bertz CT molecular complexity index is 952. The van der Waals surface area contributed by atoms with E-state index in [4.69, 9.17) is 0 Å². The predicted molar refractivity (Wildman–Crippen MR) is 127 cm³/mol. The van der Waals surface area contributed by atoms with Crippen molar-refractivity contribution < 1.29 is 13.2 Å². The zero-order valence-corrected chi connectivity index (χ0v) is 19.9. The zero-order chi connectivity index (χ0) is 23.0. The molecule has 1 saturated heterocycles. The molecular weight excluding hydrogens is 424 g/mol. The van der Waals surface area contributed by atoms with Crippen molar-refractivity contribution >= 4 is 15.9 Å². The van der Waals surface area contributed by atoms with Crippen LogP contribution >= 0.6 is 0 Å². The second-order valence-electron chi connectivity index (χ2n) is 7.97. The first-order valence-corrected chi connectivity index (χ1v) is 12.7. The molecule has 1 heterocycles. The van der Waals surface area contributed by atoms with Crippen molar-refractivity contribution in [1.29, 1.82) is 0 Å². The summed E-state index contributed by atoms with van der Waals surface area (Å²) in [6, 6.07) is 16.7. The Morgan fingerprint density at radius 1 is 0.906 bits per heavy atom. The molecule has 0 spiro atoms. The highest BCUT2D eigenvalue weighted by atomic mass is 32.2. The minimum Gasteiger partial charge on any atom is -0.351 e. The molecule has 0 saturated carbocycles. The van der Waals surface area contributed by atoms with Crippen LogP contribution in [-0.2, 0) is 16.6 Å². The number of carbonyl (C=O) groups is 1. The Kier molecular flexibility index (Phi) is 8.81. The number of carbonyl (C=O) groups excluding carboxylic acids is 1. The molecule has 0 aliphatic carbocycles. The van der Waals surface area contributed by atoms with Gasteiger partial charge in [0.15, 0.2) is 0 Å². The van der Waals surface area contributed by atoms with Crippen LogP contribution in [0, 0.1) is 0 Å². The number of rotatable bonds is 10. The molecule has 8 heteroatoms. The lowest BCUT2D eigenvalue weighted by atomic mass is 10.2. The van der Waals surface area contributed by atoms with E-state index in [0.717, 1.165) is 39.3 Å². The number of hydrogen-bond donors (Lipinski definition) is 1. The summed E-state index contributed by atoms with van der Waals surface area (Å²) in [5, 5.41) is 2.95. The minimum atomic E-state index is -3.51. The van der Waals surface area contributed by atoms with Gasteiger partial charge in [-0.05, 0) is 29.8 Å². The Morgan fingerprint density at radius 3 is 2.09 bits per heavy atom. The number of sulfonamides is 1. The molecular formula is C24H34N4O3S. The van der Waals surface area contributed by atoms with Crippen LogP contribution in [-0.4, -0.2) is 80.8 Å². The molecule has 174 valence electrons. The van der Waals surface area contributed by atoms with E-state index in [-0.39, 0.29) is 10.8 Å². The Balaban J connectivity index is 1.41. The van der Waals surface area contributed by atoms with Crippen LogP contribution in [0.25, 0.3) is 0 Å². The van der Waals surface area contributed by atoms with Crippen LogP contribution in [0.15, 0.2) is 59.5 Å². The van der Waals surface area contributed by atoms with Gasteiger partial charge in [0.2, 0.25) is 10.0 Å². The van der Waals surface area contributed by atoms with Crippen LogP contribution in [0.1, 0.15) is 29.8 Å². The second kappa shape index (κ2) is 11.6. The maximum Gasteiger partial charge on any atom is 0.251 e. The molecule has 0 aromatic heterocycles. The molecule has 32 heavy (non-hydrogen) atoms. The molecule has 1 N–H and O–H groups in total. The fraction of sp³-hybridized carbons (Fsp3) is 0.458. The summed E-state index contributed by atoms with van der Waals surface area (Å²) in [6.07, 6.45) is 0. The van der Waals surface area contributed by atoms with E-state index < -0.39 is 10.0 Å². The van der Waals surface area contributed by atoms with Crippen molar-refractivity contribution in [3.63, 3.8) is 0 Å². The summed E-state index contributed by atoms with van der Waals surface area (Å²) < 4.78 is 26.5. The molecule has 0 atom stereocenters. The first-order chi connectivity index (χ1) is 15.4. The number of nitrogens with zero attached hydrogens (tertiary/aromatic N) is 3. The Labute approximate surface area is 192 Å². The van der Waals surface area contributed by atoms with Gasteiger partial charge in [-0.1, -0.05) is 44.2 Å². The molecule has 0 radical (unpaired) electrons. The van der Waals surface area contributed by atoms with Gasteiger partial charge in [-0.3, -0.25) is 14.6 Å².